The maximum Gasteiger partial charge on any atom is 0.142 e. The lowest BCUT2D eigenvalue weighted by Gasteiger charge is -2.28. The normalized spacial score (nSPS) is 14.4. The maximum absolute atomic E-state index is 5.41. The number of halogens is 1. The Morgan fingerprint density at radius 2 is 1.80 bits per heavy atom. The molecule has 3 aromatic rings. The van der Waals surface area contributed by atoms with Crippen LogP contribution in [0.1, 0.15) is 10.4 Å². The summed E-state index contributed by atoms with van der Waals surface area (Å²) in [5, 5.41) is 4.57. The fourth-order valence-electron chi connectivity index (χ4n) is 2.99. The van der Waals surface area contributed by atoms with Crippen LogP contribution in [0, 0.1) is 13.8 Å². The van der Waals surface area contributed by atoms with Gasteiger partial charge in [-0.05, 0) is 43.7 Å². The summed E-state index contributed by atoms with van der Waals surface area (Å²) in [5.74, 6) is 0.876. The Morgan fingerprint density at radius 3 is 2.52 bits per heavy atom. The van der Waals surface area contributed by atoms with Gasteiger partial charge in [-0.3, -0.25) is 0 Å². The molecule has 0 radical (unpaired) electrons. The summed E-state index contributed by atoms with van der Waals surface area (Å²) >= 11 is 1.72. The van der Waals surface area contributed by atoms with Crippen LogP contribution >= 0.6 is 23.7 Å². The van der Waals surface area contributed by atoms with Crippen LogP contribution in [0.4, 0.5) is 17.2 Å². The number of rotatable bonds is 3. The third-order valence-electron chi connectivity index (χ3n) is 4.47. The van der Waals surface area contributed by atoms with Gasteiger partial charge in [-0.15, -0.1) is 23.7 Å². The Kier molecular flexibility index (Phi) is 5.42. The summed E-state index contributed by atoms with van der Waals surface area (Å²) in [6.45, 7) is 7.76. The zero-order chi connectivity index (χ0) is 16.5. The summed E-state index contributed by atoms with van der Waals surface area (Å²) in [5.41, 5.74) is 3.53. The van der Waals surface area contributed by atoms with Crippen molar-refractivity contribution in [3.63, 3.8) is 0 Å². The van der Waals surface area contributed by atoms with Crippen molar-refractivity contribution in [1.82, 2.24) is 9.97 Å². The molecule has 0 aliphatic carbocycles. The molecule has 1 aromatic carbocycles. The number of hydrogen-bond donors (Lipinski definition) is 1. The first kappa shape index (κ1) is 17.9. The van der Waals surface area contributed by atoms with E-state index in [-0.39, 0.29) is 12.4 Å². The van der Waals surface area contributed by atoms with Crippen LogP contribution in [0.3, 0.4) is 0 Å². The van der Waals surface area contributed by atoms with Gasteiger partial charge in [-0.25, -0.2) is 9.97 Å². The first-order valence-electron chi connectivity index (χ1n) is 8.13. The number of nitrogens with zero attached hydrogens (tertiary/aromatic N) is 3. The first-order valence-corrected chi connectivity index (χ1v) is 8.94. The highest BCUT2D eigenvalue weighted by molar-refractivity contribution is 7.18. The zero-order valence-electron chi connectivity index (χ0n) is 14.3. The highest BCUT2D eigenvalue weighted by Crippen LogP contribution is 2.34. The Labute approximate surface area is 157 Å². The molecule has 0 amide bonds. The smallest absolute Gasteiger partial charge is 0.142 e. The summed E-state index contributed by atoms with van der Waals surface area (Å²) in [7, 11) is 0. The second kappa shape index (κ2) is 7.56. The Hall–Kier alpha value is -1.89. The quantitative estimate of drug-likeness (QED) is 0.738. The number of fused-ring (bicyclic) bond motifs is 1. The highest BCUT2D eigenvalue weighted by atomic mass is 35.5. The van der Waals surface area contributed by atoms with Crippen molar-refractivity contribution < 1.29 is 4.74 Å². The molecule has 0 saturated carbocycles. The molecule has 1 aliphatic rings. The molecule has 1 saturated heterocycles. The van der Waals surface area contributed by atoms with Gasteiger partial charge in [0.2, 0.25) is 0 Å². The van der Waals surface area contributed by atoms with Crippen molar-refractivity contribution in [3.05, 3.63) is 41.0 Å². The Balaban J connectivity index is 0.00000182. The van der Waals surface area contributed by atoms with E-state index in [0.29, 0.717) is 0 Å². The number of hydrogen-bond acceptors (Lipinski definition) is 6. The number of ether oxygens (including phenoxy) is 1. The summed E-state index contributed by atoms with van der Waals surface area (Å²) in [6.07, 6.45) is 1.63. The number of thiophene rings is 1. The Bertz CT molecular complexity index is 859. The summed E-state index contributed by atoms with van der Waals surface area (Å²) < 4.78 is 5.41. The molecule has 0 bridgehead atoms. The van der Waals surface area contributed by atoms with Gasteiger partial charge in [0.1, 0.15) is 17.0 Å². The van der Waals surface area contributed by atoms with Crippen molar-refractivity contribution in [2.75, 3.05) is 36.5 Å². The molecule has 7 heteroatoms. The topological polar surface area (TPSA) is 50.3 Å². The van der Waals surface area contributed by atoms with Crippen LogP contribution in [0.25, 0.3) is 10.2 Å². The minimum atomic E-state index is 0. The molecule has 0 unspecified atom stereocenters. The van der Waals surface area contributed by atoms with E-state index in [4.69, 9.17) is 4.74 Å². The molecule has 0 spiro atoms. The molecule has 4 rings (SSSR count). The van der Waals surface area contributed by atoms with E-state index in [9.17, 15) is 0 Å². The molecule has 1 fully saturated rings. The highest BCUT2D eigenvalue weighted by Gasteiger charge is 2.13. The van der Waals surface area contributed by atoms with E-state index in [1.54, 1.807) is 17.7 Å². The first-order chi connectivity index (χ1) is 11.7. The molecule has 25 heavy (non-hydrogen) atoms. The average molecular weight is 377 g/mol. The van der Waals surface area contributed by atoms with Crippen molar-refractivity contribution in [3.8, 4) is 0 Å². The van der Waals surface area contributed by atoms with Crippen LogP contribution in [0.15, 0.2) is 30.6 Å². The van der Waals surface area contributed by atoms with Gasteiger partial charge in [-0.1, -0.05) is 0 Å². The number of morpholine rings is 1. The molecule has 5 nitrogen and oxygen atoms in total. The SMILES string of the molecule is Cc1sc2ncnc(Nc3ccc(N4CCOCC4)cc3)c2c1C.Cl. The molecule has 3 heterocycles. The van der Waals surface area contributed by atoms with Gasteiger partial charge in [0.15, 0.2) is 0 Å². The number of benzene rings is 1. The van der Waals surface area contributed by atoms with Crippen molar-refractivity contribution in [2.45, 2.75) is 13.8 Å². The van der Waals surface area contributed by atoms with E-state index >= 15 is 0 Å². The fraction of sp³-hybridized carbons (Fsp3) is 0.333. The average Bonchev–Trinajstić information content (AvgIpc) is 2.92. The number of aryl methyl sites for hydroxylation is 2. The summed E-state index contributed by atoms with van der Waals surface area (Å²) in [6, 6.07) is 8.51. The predicted octanol–water partition coefficient (Wildman–Crippen LogP) is 4.31. The monoisotopic (exact) mass is 376 g/mol. The van der Waals surface area contributed by atoms with Gasteiger partial charge in [0.05, 0.1) is 18.6 Å². The van der Waals surface area contributed by atoms with Gasteiger partial charge < -0.3 is 15.0 Å². The van der Waals surface area contributed by atoms with Crippen LogP contribution < -0.4 is 10.2 Å². The minimum Gasteiger partial charge on any atom is -0.378 e. The fourth-order valence-corrected chi connectivity index (χ4v) is 3.99. The Morgan fingerprint density at radius 1 is 1.08 bits per heavy atom. The van der Waals surface area contributed by atoms with Gasteiger partial charge in [0.25, 0.3) is 0 Å². The zero-order valence-corrected chi connectivity index (χ0v) is 15.9. The lowest BCUT2D eigenvalue weighted by molar-refractivity contribution is 0.122. The lowest BCUT2D eigenvalue weighted by atomic mass is 10.2. The van der Waals surface area contributed by atoms with E-state index in [0.717, 1.165) is 48.0 Å². The van der Waals surface area contributed by atoms with Gasteiger partial charge in [-0.2, -0.15) is 0 Å². The largest absolute Gasteiger partial charge is 0.378 e. The predicted molar refractivity (Wildman–Crippen MR) is 107 cm³/mol. The minimum absolute atomic E-state index is 0. The van der Waals surface area contributed by atoms with E-state index < -0.39 is 0 Å². The summed E-state index contributed by atoms with van der Waals surface area (Å²) in [4.78, 5) is 13.5. The number of aromatic nitrogens is 2. The van der Waals surface area contributed by atoms with Gasteiger partial charge in [0, 0.05) is 29.3 Å². The van der Waals surface area contributed by atoms with E-state index in [1.165, 1.54) is 16.1 Å². The van der Waals surface area contributed by atoms with Crippen molar-refractivity contribution in [2.24, 2.45) is 0 Å². The van der Waals surface area contributed by atoms with Crippen molar-refractivity contribution >= 4 is 51.2 Å². The lowest BCUT2D eigenvalue weighted by Crippen LogP contribution is -2.36. The van der Waals surface area contributed by atoms with Crippen LogP contribution in [0.2, 0.25) is 0 Å². The molecular formula is C18H21ClN4OS. The molecular weight excluding hydrogens is 356 g/mol. The van der Waals surface area contributed by atoms with Crippen LogP contribution in [-0.4, -0.2) is 36.3 Å². The third-order valence-corrected chi connectivity index (χ3v) is 5.59. The van der Waals surface area contributed by atoms with Crippen LogP contribution in [-0.2, 0) is 4.74 Å². The van der Waals surface area contributed by atoms with E-state index in [2.05, 4.69) is 58.3 Å². The molecule has 132 valence electrons. The standard InChI is InChI=1S/C18H20N4OS.ClH/c1-12-13(2)24-18-16(12)17(19-11-20-18)21-14-3-5-15(6-4-14)22-7-9-23-10-8-22;/h3-6,11H,7-10H2,1-2H3,(H,19,20,21);1H. The van der Waals surface area contributed by atoms with Crippen LogP contribution in [0.5, 0.6) is 0 Å². The second-order valence-electron chi connectivity index (χ2n) is 5.96. The second-order valence-corrected chi connectivity index (χ2v) is 7.16. The maximum atomic E-state index is 5.41. The number of nitrogens with one attached hydrogen (secondary N) is 1. The van der Waals surface area contributed by atoms with Gasteiger partial charge >= 0.3 is 0 Å². The number of anilines is 3. The van der Waals surface area contributed by atoms with E-state index in [1.807, 2.05) is 0 Å². The van der Waals surface area contributed by atoms with Crippen molar-refractivity contribution in [1.29, 1.82) is 0 Å². The molecule has 2 aromatic heterocycles. The molecule has 1 aliphatic heterocycles. The molecule has 1 N–H and O–H groups in total. The molecule has 0 atom stereocenters. The third kappa shape index (κ3) is 3.56.